The van der Waals surface area contributed by atoms with Crippen LogP contribution in [0.5, 0.6) is 0 Å². The molecule has 0 radical (unpaired) electrons. The molecular formula is C26H27Cl2N5O2. The van der Waals surface area contributed by atoms with Gasteiger partial charge in [0.05, 0.1) is 16.6 Å². The summed E-state index contributed by atoms with van der Waals surface area (Å²) in [5.41, 5.74) is 2.29. The molecule has 9 heteroatoms. The molecule has 0 aliphatic carbocycles. The first kappa shape index (κ1) is 23.7. The van der Waals surface area contributed by atoms with E-state index in [2.05, 4.69) is 29.2 Å². The molecule has 1 fully saturated rings. The maximum absolute atomic E-state index is 13.2. The predicted octanol–water partition coefficient (Wildman–Crippen LogP) is 4.25. The molecule has 0 bridgehead atoms. The summed E-state index contributed by atoms with van der Waals surface area (Å²) in [4.78, 5) is 32.8. The van der Waals surface area contributed by atoms with Gasteiger partial charge in [-0.15, -0.1) is 0 Å². The molecule has 2 aromatic heterocycles. The van der Waals surface area contributed by atoms with Gasteiger partial charge in [-0.2, -0.15) is 4.98 Å². The van der Waals surface area contributed by atoms with Gasteiger partial charge in [0.25, 0.3) is 5.56 Å². The minimum atomic E-state index is -0.394. The summed E-state index contributed by atoms with van der Waals surface area (Å²) in [6.45, 7) is 2.05. The second-order valence-electron chi connectivity index (χ2n) is 9.24. The first-order chi connectivity index (χ1) is 16.8. The fourth-order valence-corrected chi connectivity index (χ4v) is 5.25. The zero-order valence-electron chi connectivity index (χ0n) is 19.7. The Kier molecular flexibility index (Phi) is 6.47. The SMILES string of the molecule is Cn1c(=O)c2c(nc(N3CCC(Cc4ccccc4)CC3)n2Cc2ccc(Cl)c(Cl)c2)n(C)c1=O. The van der Waals surface area contributed by atoms with E-state index in [1.807, 2.05) is 16.7 Å². The van der Waals surface area contributed by atoms with E-state index in [4.69, 9.17) is 28.2 Å². The van der Waals surface area contributed by atoms with E-state index in [1.54, 1.807) is 19.2 Å². The van der Waals surface area contributed by atoms with Crippen molar-refractivity contribution >= 4 is 40.3 Å². The lowest BCUT2D eigenvalue weighted by Crippen LogP contribution is -2.38. The molecule has 0 atom stereocenters. The summed E-state index contributed by atoms with van der Waals surface area (Å²) in [6.07, 6.45) is 3.12. The van der Waals surface area contributed by atoms with Gasteiger partial charge in [0.2, 0.25) is 5.95 Å². The van der Waals surface area contributed by atoms with Crippen molar-refractivity contribution in [2.75, 3.05) is 18.0 Å². The average Bonchev–Trinajstić information content (AvgIpc) is 3.24. The number of fused-ring (bicyclic) bond motifs is 1. The third-order valence-electron chi connectivity index (χ3n) is 6.92. The van der Waals surface area contributed by atoms with Gasteiger partial charge in [-0.1, -0.05) is 59.6 Å². The number of rotatable bonds is 5. The fraction of sp³-hybridized carbons (Fsp3) is 0.346. The van der Waals surface area contributed by atoms with Crippen LogP contribution >= 0.6 is 23.2 Å². The Morgan fingerprint density at radius 2 is 1.63 bits per heavy atom. The Morgan fingerprint density at radius 3 is 2.31 bits per heavy atom. The molecule has 0 spiro atoms. The number of aryl methyl sites for hydroxylation is 1. The van der Waals surface area contributed by atoms with E-state index in [0.29, 0.717) is 39.6 Å². The van der Waals surface area contributed by atoms with Crippen molar-refractivity contribution in [3.63, 3.8) is 0 Å². The van der Waals surface area contributed by atoms with Crippen molar-refractivity contribution in [3.05, 3.63) is 90.5 Å². The topological polar surface area (TPSA) is 65.1 Å². The first-order valence-corrected chi connectivity index (χ1v) is 12.5. The summed E-state index contributed by atoms with van der Waals surface area (Å²) in [5.74, 6) is 1.29. The van der Waals surface area contributed by atoms with Gasteiger partial charge in [-0.3, -0.25) is 18.5 Å². The molecule has 0 N–H and O–H groups in total. The third-order valence-corrected chi connectivity index (χ3v) is 7.66. The van der Waals surface area contributed by atoms with E-state index in [9.17, 15) is 9.59 Å². The summed E-state index contributed by atoms with van der Waals surface area (Å²) in [6, 6.07) is 16.0. The molecule has 3 heterocycles. The highest BCUT2D eigenvalue weighted by atomic mass is 35.5. The molecule has 4 aromatic rings. The molecule has 1 saturated heterocycles. The number of hydrogen-bond donors (Lipinski definition) is 0. The zero-order chi connectivity index (χ0) is 24.7. The molecule has 5 rings (SSSR count). The van der Waals surface area contributed by atoms with Crippen LogP contribution in [-0.2, 0) is 27.1 Å². The van der Waals surface area contributed by atoms with Gasteiger partial charge in [-0.25, -0.2) is 4.79 Å². The van der Waals surface area contributed by atoms with E-state index in [0.717, 1.165) is 42.5 Å². The van der Waals surface area contributed by atoms with Crippen LogP contribution in [0.15, 0.2) is 58.1 Å². The Morgan fingerprint density at radius 1 is 0.914 bits per heavy atom. The third kappa shape index (κ3) is 4.50. The predicted molar refractivity (Wildman–Crippen MR) is 141 cm³/mol. The number of imidazole rings is 1. The number of benzene rings is 2. The average molecular weight is 512 g/mol. The Labute approximate surface area is 213 Å². The van der Waals surface area contributed by atoms with Crippen LogP contribution < -0.4 is 16.1 Å². The van der Waals surface area contributed by atoms with Gasteiger partial charge in [0.1, 0.15) is 0 Å². The number of piperidine rings is 1. The number of aromatic nitrogens is 4. The lowest BCUT2D eigenvalue weighted by Gasteiger charge is -2.33. The van der Waals surface area contributed by atoms with E-state index in [-0.39, 0.29) is 5.56 Å². The Bertz CT molecular complexity index is 1500. The van der Waals surface area contributed by atoms with Crippen molar-refractivity contribution in [1.29, 1.82) is 0 Å². The van der Waals surface area contributed by atoms with Gasteiger partial charge in [0.15, 0.2) is 11.2 Å². The number of nitrogens with zero attached hydrogens (tertiary/aromatic N) is 5. The molecule has 0 amide bonds. The maximum Gasteiger partial charge on any atom is 0.332 e. The highest BCUT2D eigenvalue weighted by molar-refractivity contribution is 6.42. The minimum absolute atomic E-state index is 0.360. The van der Waals surface area contributed by atoms with Gasteiger partial charge >= 0.3 is 5.69 Å². The Hall–Kier alpha value is -3.03. The molecule has 182 valence electrons. The second-order valence-corrected chi connectivity index (χ2v) is 10.1. The van der Waals surface area contributed by atoms with E-state index in [1.165, 1.54) is 17.2 Å². The van der Waals surface area contributed by atoms with Crippen molar-refractivity contribution in [2.24, 2.45) is 20.0 Å². The van der Waals surface area contributed by atoms with Crippen LogP contribution in [0.25, 0.3) is 11.2 Å². The monoisotopic (exact) mass is 511 g/mol. The molecule has 2 aromatic carbocycles. The number of hydrogen-bond acceptors (Lipinski definition) is 4. The second kappa shape index (κ2) is 9.55. The summed E-state index contributed by atoms with van der Waals surface area (Å²) < 4.78 is 4.48. The zero-order valence-corrected chi connectivity index (χ0v) is 21.3. The van der Waals surface area contributed by atoms with E-state index < -0.39 is 5.69 Å². The van der Waals surface area contributed by atoms with Crippen molar-refractivity contribution in [3.8, 4) is 0 Å². The van der Waals surface area contributed by atoms with Crippen LogP contribution in [0.2, 0.25) is 10.0 Å². The minimum Gasteiger partial charge on any atom is -0.342 e. The van der Waals surface area contributed by atoms with Gasteiger partial charge in [-0.05, 0) is 48.4 Å². The number of anilines is 1. The highest BCUT2D eigenvalue weighted by Gasteiger charge is 2.26. The molecule has 0 unspecified atom stereocenters. The quantitative estimate of drug-likeness (QED) is 0.401. The van der Waals surface area contributed by atoms with Gasteiger partial charge in [0, 0.05) is 27.2 Å². The van der Waals surface area contributed by atoms with Crippen LogP contribution in [0.3, 0.4) is 0 Å². The molecular weight excluding hydrogens is 485 g/mol. The van der Waals surface area contributed by atoms with Crippen molar-refractivity contribution < 1.29 is 0 Å². The summed E-state index contributed by atoms with van der Waals surface area (Å²) in [7, 11) is 3.14. The summed E-state index contributed by atoms with van der Waals surface area (Å²) >= 11 is 12.4. The summed E-state index contributed by atoms with van der Waals surface area (Å²) in [5, 5.41) is 0.932. The molecule has 0 saturated carbocycles. The Balaban J connectivity index is 1.52. The molecule has 35 heavy (non-hydrogen) atoms. The van der Waals surface area contributed by atoms with E-state index >= 15 is 0 Å². The van der Waals surface area contributed by atoms with Crippen LogP contribution in [0.1, 0.15) is 24.0 Å². The largest absolute Gasteiger partial charge is 0.342 e. The molecule has 7 nitrogen and oxygen atoms in total. The van der Waals surface area contributed by atoms with Gasteiger partial charge < -0.3 is 4.90 Å². The lowest BCUT2D eigenvalue weighted by atomic mass is 9.90. The first-order valence-electron chi connectivity index (χ1n) is 11.7. The lowest BCUT2D eigenvalue weighted by molar-refractivity contribution is 0.399. The van der Waals surface area contributed by atoms with Crippen LogP contribution in [0.4, 0.5) is 5.95 Å². The highest BCUT2D eigenvalue weighted by Crippen LogP contribution is 2.29. The van der Waals surface area contributed by atoms with Crippen LogP contribution in [0, 0.1) is 5.92 Å². The number of halogens is 2. The maximum atomic E-state index is 13.2. The van der Waals surface area contributed by atoms with Crippen LogP contribution in [-0.4, -0.2) is 31.8 Å². The molecule has 1 aliphatic heterocycles. The van der Waals surface area contributed by atoms with Crippen molar-refractivity contribution in [1.82, 2.24) is 18.7 Å². The normalized spacial score (nSPS) is 14.7. The molecule has 1 aliphatic rings. The van der Waals surface area contributed by atoms with Crippen molar-refractivity contribution in [2.45, 2.75) is 25.8 Å². The smallest absolute Gasteiger partial charge is 0.332 e. The fourth-order valence-electron chi connectivity index (χ4n) is 4.93. The standard InChI is InChI=1S/C26H27Cl2N5O2/c1-30-23-22(24(34)31(2)26(30)35)33(16-19-8-9-20(27)21(28)15-19)25(29-23)32-12-10-18(11-13-32)14-17-6-4-3-5-7-17/h3-9,15,18H,10-14,16H2,1-2H3.